The highest BCUT2D eigenvalue weighted by molar-refractivity contribution is 6.08. The molecule has 140 valence electrons. The number of rotatable bonds is 6. The Balaban J connectivity index is 2.00. The molecule has 8 heteroatoms. The summed E-state index contributed by atoms with van der Waals surface area (Å²) in [6.07, 6.45) is 0. The summed E-state index contributed by atoms with van der Waals surface area (Å²) in [7, 11) is 0. The van der Waals surface area contributed by atoms with E-state index in [-0.39, 0.29) is 17.2 Å². The summed E-state index contributed by atoms with van der Waals surface area (Å²) < 4.78 is 4.91. The Kier molecular flexibility index (Phi) is 7.07. The van der Waals surface area contributed by atoms with E-state index in [9.17, 15) is 19.2 Å². The number of ether oxygens (including phenoxy) is 1. The minimum Gasteiger partial charge on any atom is -0.452 e. The van der Waals surface area contributed by atoms with Gasteiger partial charge < -0.3 is 15.4 Å². The summed E-state index contributed by atoms with van der Waals surface area (Å²) >= 11 is 0. The molecule has 0 spiro atoms. The number of hydrogen-bond donors (Lipinski definition) is 3. The van der Waals surface area contributed by atoms with Crippen molar-refractivity contribution < 1.29 is 23.9 Å². The molecule has 3 N–H and O–H groups in total. The Labute approximate surface area is 155 Å². The second-order valence-electron chi connectivity index (χ2n) is 5.35. The van der Waals surface area contributed by atoms with Crippen LogP contribution < -0.4 is 16.0 Å². The zero-order valence-corrected chi connectivity index (χ0v) is 14.7. The van der Waals surface area contributed by atoms with Gasteiger partial charge in [-0.2, -0.15) is 0 Å². The number of esters is 1. The van der Waals surface area contributed by atoms with E-state index >= 15 is 0 Å². The zero-order valence-electron chi connectivity index (χ0n) is 14.7. The molecule has 0 saturated heterocycles. The van der Waals surface area contributed by atoms with Crippen LogP contribution in [0.25, 0.3) is 0 Å². The van der Waals surface area contributed by atoms with Gasteiger partial charge in [-0.1, -0.05) is 30.3 Å². The molecule has 0 bridgehead atoms. The molecule has 0 fully saturated rings. The summed E-state index contributed by atoms with van der Waals surface area (Å²) in [5.41, 5.74) is 0.773. The lowest BCUT2D eigenvalue weighted by Crippen LogP contribution is -2.41. The minimum atomic E-state index is -0.801. The van der Waals surface area contributed by atoms with Crippen LogP contribution in [0.15, 0.2) is 54.6 Å². The molecule has 0 aliphatic rings. The average Bonchev–Trinajstić information content (AvgIpc) is 2.67. The molecular weight excluding hydrogens is 350 g/mol. The number of nitrogens with one attached hydrogen (secondary N) is 3. The fourth-order valence-electron chi connectivity index (χ4n) is 2.13. The maximum atomic E-state index is 12.3. The summed E-state index contributed by atoms with van der Waals surface area (Å²) in [5.74, 6) is -1.95. The van der Waals surface area contributed by atoms with Crippen LogP contribution >= 0.6 is 0 Å². The van der Waals surface area contributed by atoms with Gasteiger partial charge in [-0.25, -0.2) is 9.59 Å². The second-order valence-corrected chi connectivity index (χ2v) is 5.35. The van der Waals surface area contributed by atoms with Crippen molar-refractivity contribution in [3.05, 3.63) is 65.7 Å². The lowest BCUT2D eigenvalue weighted by Gasteiger charge is -2.11. The zero-order chi connectivity index (χ0) is 19.6. The number of anilines is 1. The number of para-hydroxylation sites is 1. The minimum absolute atomic E-state index is 0.0904. The first-order valence-corrected chi connectivity index (χ1v) is 8.21. The Bertz CT molecular complexity index is 836. The first-order chi connectivity index (χ1) is 13.0. The Hall–Kier alpha value is -3.68. The van der Waals surface area contributed by atoms with Crippen molar-refractivity contribution in [3.63, 3.8) is 0 Å². The van der Waals surface area contributed by atoms with Crippen LogP contribution in [-0.2, 0) is 9.53 Å². The molecule has 0 saturated carbocycles. The third-order valence-corrected chi connectivity index (χ3v) is 3.36. The lowest BCUT2D eigenvalue weighted by molar-refractivity contribution is -0.123. The van der Waals surface area contributed by atoms with Crippen LogP contribution in [0.5, 0.6) is 0 Å². The molecule has 2 rings (SSSR count). The number of urea groups is 1. The van der Waals surface area contributed by atoms with Gasteiger partial charge >= 0.3 is 12.0 Å². The molecule has 0 atom stereocenters. The summed E-state index contributed by atoms with van der Waals surface area (Å²) in [4.78, 5) is 47.4. The Morgan fingerprint density at radius 3 is 2.30 bits per heavy atom. The average molecular weight is 369 g/mol. The van der Waals surface area contributed by atoms with Crippen molar-refractivity contribution in [2.45, 2.75) is 6.92 Å². The van der Waals surface area contributed by atoms with Crippen LogP contribution in [-0.4, -0.2) is 37.0 Å². The van der Waals surface area contributed by atoms with Crippen LogP contribution in [0.4, 0.5) is 10.5 Å². The van der Waals surface area contributed by atoms with Gasteiger partial charge in [-0.15, -0.1) is 0 Å². The highest BCUT2D eigenvalue weighted by Gasteiger charge is 2.17. The van der Waals surface area contributed by atoms with E-state index in [2.05, 4.69) is 10.6 Å². The molecule has 0 aliphatic carbocycles. The van der Waals surface area contributed by atoms with E-state index in [0.29, 0.717) is 12.1 Å². The van der Waals surface area contributed by atoms with Crippen LogP contribution in [0.1, 0.15) is 27.6 Å². The van der Waals surface area contributed by atoms with E-state index in [1.54, 1.807) is 55.5 Å². The number of carbonyl (C=O) groups is 4. The van der Waals surface area contributed by atoms with Crippen molar-refractivity contribution >= 4 is 29.5 Å². The lowest BCUT2D eigenvalue weighted by atomic mass is 10.1. The van der Waals surface area contributed by atoms with Gasteiger partial charge in [-0.05, 0) is 31.2 Å². The predicted molar refractivity (Wildman–Crippen MR) is 98.3 cm³/mol. The highest BCUT2D eigenvalue weighted by atomic mass is 16.5. The Morgan fingerprint density at radius 1 is 0.926 bits per heavy atom. The summed E-state index contributed by atoms with van der Waals surface area (Å²) in [5, 5.41) is 7.04. The molecule has 4 amide bonds. The van der Waals surface area contributed by atoms with Crippen LogP contribution in [0.2, 0.25) is 0 Å². The molecule has 0 unspecified atom stereocenters. The molecule has 0 heterocycles. The monoisotopic (exact) mass is 369 g/mol. The van der Waals surface area contributed by atoms with Crippen LogP contribution in [0.3, 0.4) is 0 Å². The van der Waals surface area contributed by atoms with Gasteiger partial charge in [0.15, 0.2) is 6.61 Å². The summed E-state index contributed by atoms with van der Waals surface area (Å²) in [6, 6.07) is 14.1. The van der Waals surface area contributed by atoms with Gasteiger partial charge in [0.05, 0.1) is 11.3 Å². The first-order valence-electron chi connectivity index (χ1n) is 8.21. The number of amides is 4. The van der Waals surface area contributed by atoms with Gasteiger partial charge in [0, 0.05) is 12.1 Å². The van der Waals surface area contributed by atoms with Crippen molar-refractivity contribution in [3.8, 4) is 0 Å². The molecule has 0 radical (unpaired) electrons. The molecule has 0 aromatic heterocycles. The molecule has 8 nitrogen and oxygen atoms in total. The fourth-order valence-corrected chi connectivity index (χ4v) is 2.13. The number of benzene rings is 2. The molecule has 27 heavy (non-hydrogen) atoms. The van der Waals surface area contributed by atoms with Crippen molar-refractivity contribution in [2.75, 3.05) is 18.5 Å². The van der Waals surface area contributed by atoms with E-state index in [0.717, 1.165) is 0 Å². The smallest absolute Gasteiger partial charge is 0.340 e. The van der Waals surface area contributed by atoms with Gasteiger partial charge in [0.1, 0.15) is 0 Å². The summed E-state index contributed by atoms with van der Waals surface area (Å²) in [6.45, 7) is 1.43. The largest absolute Gasteiger partial charge is 0.452 e. The van der Waals surface area contributed by atoms with E-state index in [4.69, 9.17) is 4.74 Å². The standard InChI is InChI=1S/C19H19N3O5/c1-2-20-19(26)22-16(23)12-27-18(25)14-10-6-7-11-15(14)21-17(24)13-8-4-3-5-9-13/h3-11H,2,12H2,1H3,(H,21,24)(H2,20,22,23,26). The molecule has 2 aromatic carbocycles. The van der Waals surface area contributed by atoms with Gasteiger partial charge in [-0.3, -0.25) is 14.9 Å². The van der Waals surface area contributed by atoms with Gasteiger partial charge in [0.2, 0.25) is 0 Å². The van der Waals surface area contributed by atoms with Crippen LogP contribution in [0, 0.1) is 0 Å². The number of carbonyl (C=O) groups excluding carboxylic acids is 4. The topological polar surface area (TPSA) is 114 Å². The first kappa shape index (κ1) is 19.6. The molecule has 2 aromatic rings. The maximum Gasteiger partial charge on any atom is 0.340 e. The molecule has 0 aliphatic heterocycles. The second kappa shape index (κ2) is 9.71. The van der Waals surface area contributed by atoms with E-state index in [1.165, 1.54) is 6.07 Å². The quantitative estimate of drug-likeness (QED) is 0.674. The van der Waals surface area contributed by atoms with Crippen molar-refractivity contribution in [1.29, 1.82) is 0 Å². The number of hydrogen-bond acceptors (Lipinski definition) is 5. The van der Waals surface area contributed by atoms with E-state index < -0.39 is 24.5 Å². The van der Waals surface area contributed by atoms with E-state index in [1.807, 2.05) is 5.32 Å². The number of imide groups is 1. The normalized spacial score (nSPS) is 9.81. The maximum absolute atomic E-state index is 12.3. The third kappa shape index (κ3) is 5.96. The predicted octanol–water partition coefficient (Wildman–Crippen LogP) is 1.94. The molecular formula is C19H19N3O5. The van der Waals surface area contributed by atoms with Crippen molar-refractivity contribution in [1.82, 2.24) is 10.6 Å². The van der Waals surface area contributed by atoms with Gasteiger partial charge in [0.25, 0.3) is 11.8 Å². The fraction of sp³-hybridized carbons (Fsp3) is 0.158. The SMILES string of the molecule is CCNC(=O)NC(=O)COC(=O)c1ccccc1NC(=O)c1ccccc1. The van der Waals surface area contributed by atoms with Crippen molar-refractivity contribution in [2.24, 2.45) is 0 Å². The third-order valence-electron chi connectivity index (χ3n) is 3.36. The highest BCUT2D eigenvalue weighted by Crippen LogP contribution is 2.17. The Morgan fingerprint density at radius 2 is 1.59 bits per heavy atom.